The van der Waals surface area contributed by atoms with Crippen LogP contribution in [0.4, 0.5) is 8.89 Å². The summed E-state index contributed by atoms with van der Waals surface area (Å²) in [5, 5.41) is 2.68. The third kappa shape index (κ3) is 1.97. The Morgan fingerprint density at radius 2 is 2.33 bits per heavy atom. The van der Waals surface area contributed by atoms with Gasteiger partial charge in [-0.25, -0.2) is 0 Å². The van der Waals surface area contributed by atoms with Crippen LogP contribution in [0.2, 0.25) is 0 Å². The second-order valence-corrected chi connectivity index (χ2v) is 5.44. The van der Waals surface area contributed by atoms with Crippen LogP contribution in [0.3, 0.4) is 0 Å². The zero-order valence-electron chi connectivity index (χ0n) is 7.33. The van der Waals surface area contributed by atoms with E-state index < -0.39 is 21.4 Å². The van der Waals surface area contributed by atoms with Gasteiger partial charge in [-0.3, -0.25) is 9.69 Å². The van der Waals surface area contributed by atoms with Crippen LogP contribution in [0.25, 0.3) is 0 Å². The van der Waals surface area contributed by atoms with E-state index >= 15 is 0 Å². The van der Waals surface area contributed by atoms with Crippen molar-refractivity contribution in [2.45, 2.75) is 11.7 Å². The Morgan fingerprint density at radius 1 is 1.60 bits per heavy atom. The highest BCUT2D eigenvalue weighted by Gasteiger charge is 2.39. The van der Waals surface area contributed by atoms with E-state index in [9.17, 15) is 17.1 Å². The maximum Gasteiger partial charge on any atom is 0.307 e. The highest BCUT2D eigenvalue weighted by molar-refractivity contribution is 7.87. The summed E-state index contributed by atoms with van der Waals surface area (Å²) in [6.45, 7) is -0.165. The highest BCUT2D eigenvalue weighted by atomic mass is 32.3. The molecule has 0 radical (unpaired) electrons. The van der Waals surface area contributed by atoms with Gasteiger partial charge in [0.1, 0.15) is 10.3 Å². The number of halogens is 1. The molecule has 1 aliphatic heterocycles. The largest absolute Gasteiger partial charge is 0.307 e. The maximum absolute atomic E-state index is 12.6. The number of carbonyl (C=O) groups is 1. The molecule has 1 saturated heterocycles. The molecule has 9 heteroatoms. The summed E-state index contributed by atoms with van der Waals surface area (Å²) in [7, 11) is -4.66. The van der Waals surface area contributed by atoms with E-state index in [1.165, 1.54) is 11.1 Å². The Balaban J connectivity index is 2.23. The van der Waals surface area contributed by atoms with Gasteiger partial charge in [-0.2, -0.15) is 8.42 Å². The molecule has 1 aromatic heterocycles. The lowest BCUT2D eigenvalue weighted by Gasteiger charge is -2.10. The van der Waals surface area contributed by atoms with Gasteiger partial charge in [-0.1, -0.05) is 4.49 Å². The van der Waals surface area contributed by atoms with Crippen LogP contribution < -0.4 is 4.90 Å². The first kappa shape index (κ1) is 10.4. The van der Waals surface area contributed by atoms with Crippen LogP contribution in [0.5, 0.6) is 0 Å². The highest BCUT2D eigenvalue weighted by Crippen LogP contribution is 2.27. The topological polar surface area (TPSA) is 80.2 Å². The fraction of sp³-hybridized carbons (Fsp3) is 0.500. The Kier molecular flexibility index (Phi) is 2.43. The molecule has 2 heterocycles. The van der Waals surface area contributed by atoms with Crippen molar-refractivity contribution in [3.8, 4) is 0 Å². The summed E-state index contributed by atoms with van der Waals surface area (Å²) in [5.41, 5.74) is 0. The normalized spacial score (nSPS) is 22.3. The van der Waals surface area contributed by atoms with E-state index in [0.717, 1.165) is 11.5 Å². The zero-order chi connectivity index (χ0) is 11.1. The van der Waals surface area contributed by atoms with Crippen LogP contribution >= 0.6 is 11.5 Å². The number of anilines is 1. The third-order valence-corrected chi connectivity index (χ3v) is 3.90. The molecule has 82 valence electrons. The van der Waals surface area contributed by atoms with Gasteiger partial charge >= 0.3 is 10.2 Å². The Morgan fingerprint density at radius 3 is 2.80 bits per heavy atom. The van der Waals surface area contributed by atoms with E-state index in [4.69, 9.17) is 0 Å². The standard InChI is InChI=1S/C6H6FN3O3S2/c7-15(12,13)4-1-5(11)10(3-4)6-2-8-9-14-6/h2,4H,1,3H2. The minimum Gasteiger partial charge on any atom is -0.300 e. The average molecular weight is 251 g/mol. The van der Waals surface area contributed by atoms with E-state index in [2.05, 4.69) is 9.59 Å². The first-order valence-electron chi connectivity index (χ1n) is 3.99. The van der Waals surface area contributed by atoms with E-state index in [1.54, 1.807) is 0 Å². The van der Waals surface area contributed by atoms with Crippen molar-refractivity contribution >= 4 is 32.7 Å². The van der Waals surface area contributed by atoms with Gasteiger partial charge in [-0.05, 0) is 0 Å². The molecule has 0 bridgehead atoms. The molecule has 1 atom stereocenters. The predicted octanol–water partition coefficient (Wildman–Crippen LogP) is -0.0573. The fourth-order valence-electron chi connectivity index (χ4n) is 1.36. The van der Waals surface area contributed by atoms with E-state index in [0.29, 0.717) is 5.00 Å². The molecular formula is C6H6FN3O3S2. The van der Waals surface area contributed by atoms with Gasteiger partial charge in [0.25, 0.3) is 0 Å². The van der Waals surface area contributed by atoms with Crippen LogP contribution in [0.1, 0.15) is 6.42 Å². The second-order valence-electron chi connectivity index (χ2n) is 3.06. The van der Waals surface area contributed by atoms with Crippen LogP contribution in [-0.4, -0.2) is 35.7 Å². The molecule has 1 fully saturated rings. The lowest BCUT2D eigenvalue weighted by molar-refractivity contribution is -0.117. The molecule has 2 rings (SSSR count). The monoisotopic (exact) mass is 251 g/mol. The molecular weight excluding hydrogens is 245 g/mol. The van der Waals surface area contributed by atoms with Gasteiger partial charge in [0.15, 0.2) is 0 Å². The number of rotatable bonds is 2. The van der Waals surface area contributed by atoms with Gasteiger partial charge in [0, 0.05) is 24.5 Å². The molecule has 6 nitrogen and oxygen atoms in total. The van der Waals surface area contributed by atoms with Crippen molar-refractivity contribution in [1.29, 1.82) is 0 Å². The Bertz CT molecular complexity index is 472. The van der Waals surface area contributed by atoms with Crippen molar-refractivity contribution in [3.63, 3.8) is 0 Å². The minimum absolute atomic E-state index is 0.165. The number of carbonyl (C=O) groups excluding carboxylic acids is 1. The minimum atomic E-state index is -4.66. The molecule has 1 aromatic rings. The van der Waals surface area contributed by atoms with Crippen molar-refractivity contribution in [2.24, 2.45) is 0 Å². The quantitative estimate of drug-likeness (QED) is 0.688. The van der Waals surface area contributed by atoms with Gasteiger partial charge < -0.3 is 0 Å². The molecule has 0 saturated carbocycles. The molecule has 1 aliphatic rings. The molecule has 0 aromatic carbocycles. The summed E-state index contributed by atoms with van der Waals surface area (Å²) >= 11 is 0.963. The van der Waals surface area contributed by atoms with Gasteiger partial charge in [0.2, 0.25) is 5.91 Å². The molecule has 0 N–H and O–H groups in total. The second kappa shape index (κ2) is 3.49. The van der Waals surface area contributed by atoms with Crippen LogP contribution in [0.15, 0.2) is 6.20 Å². The first-order valence-corrected chi connectivity index (χ1v) is 6.21. The SMILES string of the molecule is O=C1CC(S(=O)(=O)F)CN1c1cnns1. The summed E-state index contributed by atoms with van der Waals surface area (Å²) in [4.78, 5) is 12.6. The lowest BCUT2D eigenvalue weighted by Crippen LogP contribution is -2.26. The number of aromatic nitrogens is 2. The van der Waals surface area contributed by atoms with Crippen molar-refractivity contribution in [3.05, 3.63) is 6.20 Å². The smallest absolute Gasteiger partial charge is 0.300 e. The Labute approximate surface area is 89.1 Å². The van der Waals surface area contributed by atoms with Crippen molar-refractivity contribution < 1.29 is 17.1 Å². The number of hydrogen-bond acceptors (Lipinski definition) is 6. The summed E-state index contributed by atoms with van der Waals surface area (Å²) in [6, 6.07) is 0. The molecule has 1 amide bonds. The Hall–Kier alpha value is -1.09. The lowest BCUT2D eigenvalue weighted by atomic mass is 10.4. The van der Waals surface area contributed by atoms with E-state index in [-0.39, 0.29) is 13.0 Å². The number of nitrogens with zero attached hydrogens (tertiary/aromatic N) is 3. The zero-order valence-corrected chi connectivity index (χ0v) is 8.96. The maximum atomic E-state index is 12.6. The van der Waals surface area contributed by atoms with Gasteiger partial charge in [-0.15, -0.1) is 8.98 Å². The third-order valence-electron chi connectivity index (χ3n) is 2.10. The van der Waals surface area contributed by atoms with Gasteiger partial charge in [0.05, 0.1) is 6.20 Å². The van der Waals surface area contributed by atoms with Crippen LogP contribution in [-0.2, 0) is 15.0 Å². The number of amides is 1. The van der Waals surface area contributed by atoms with E-state index in [1.807, 2.05) is 0 Å². The van der Waals surface area contributed by atoms with Crippen molar-refractivity contribution in [2.75, 3.05) is 11.4 Å². The molecule has 1 unspecified atom stereocenters. The summed E-state index contributed by atoms with van der Waals surface area (Å²) < 4.78 is 37.4. The van der Waals surface area contributed by atoms with Crippen LogP contribution in [0, 0.1) is 0 Å². The predicted molar refractivity (Wildman–Crippen MR) is 50.7 cm³/mol. The average Bonchev–Trinajstić information content (AvgIpc) is 2.69. The summed E-state index contributed by atoms with van der Waals surface area (Å²) in [5.74, 6) is -0.424. The first-order chi connectivity index (χ1) is 6.98. The molecule has 0 aliphatic carbocycles. The van der Waals surface area contributed by atoms with Crippen molar-refractivity contribution in [1.82, 2.24) is 9.59 Å². The molecule has 15 heavy (non-hydrogen) atoms. The summed E-state index contributed by atoms with van der Waals surface area (Å²) in [6.07, 6.45) is 1.02. The number of hydrogen-bond donors (Lipinski definition) is 0. The molecule has 0 spiro atoms. The fourth-order valence-corrected chi connectivity index (χ4v) is 2.57.